The Labute approximate surface area is 111 Å². The number of aryl methyl sites for hydroxylation is 2. The van der Waals surface area contributed by atoms with Crippen LogP contribution in [0.3, 0.4) is 0 Å². The van der Waals surface area contributed by atoms with Crippen LogP contribution in [0.4, 0.5) is 0 Å². The smallest absolute Gasteiger partial charge is 0.0738 e. The predicted molar refractivity (Wildman–Crippen MR) is 71.9 cm³/mol. The molecule has 1 heterocycles. The lowest BCUT2D eigenvalue weighted by atomic mass is 9.76. The van der Waals surface area contributed by atoms with Crippen molar-refractivity contribution in [2.45, 2.75) is 51.6 Å². The van der Waals surface area contributed by atoms with Gasteiger partial charge in [-0.05, 0) is 42.1 Å². The van der Waals surface area contributed by atoms with E-state index in [2.05, 4.69) is 21.0 Å². The summed E-state index contributed by atoms with van der Waals surface area (Å²) in [5.74, 6) is 0.720. The monoisotopic (exact) mass is 300 g/mol. The molecule has 0 aliphatic heterocycles. The Morgan fingerprint density at radius 1 is 1.53 bits per heavy atom. The lowest BCUT2D eigenvalue weighted by molar-refractivity contribution is 0.0187. The molecule has 1 atom stereocenters. The van der Waals surface area contributed by atoms with Gasteiger partial charge in [0.05, 0.1) is 21.5 Å². The summed E-state index contributed by atoms with van der Waals surface area (Å²) in [5.41, 5.74) is 1.46. The van der Waals surface area contributed by atoms with Gasteiger partial charge in [-0.2, -0.15) is 5.10 Å². The Bertz CT molecular complexity index is 408. The standard InChI is InChI=1S/C13H21BrN2O/c1-9-12(14)11(16(3)15-9)8-13(2,17)7-10-5-4-6-10/h10,17H,4-8H2,1-3H3. The van der Waals surface area contributed by atoms with Crippen LogP contribution in [0.1, 0.15) is 44.0 Å². The average Bonchev–Trinajstić information content (AvgIpc) is 2.39. The molecule has 1 aliphatic rings. The van der Waals surface area contributed by atoms with Crippen LogP contribution in [0.15, 0.2) is 4.47 Å². The molecule has 1 unspecified atom stereocenters. The normalized spacial score (nSPS) is 20.1. The lowest BCUT2D eigenvalue weighted by Crippen LogP contribution is -2.33. The number of halogens is 1. The van der Waals surface area contributed by atoms with Crippen molar-refractivity contribution in [1.82, 2.24) is 9.78 Å². The Balaban J connectivity index is 2.07. The van der Waals surface area contributed by atoms with Gasteiger partial charge in [-0.15, -0.1) is 0 Å². The SMILES string of the molecule is Cc1nn(C)c(CC(C)(O)CC2CCC2)c1Br. The van der Waals surface area contributed by atoms with Gasteiger partial charge in [-0.3, -0.25) is 4.68 Å². The van der Waals surface area contributed by atoms with E-state index in [4.69, 9.17) is 0 Å². The van der Waals surface area contributed by atoms with E-state index in [1.807, 2.05) is 25.6 Å². The van der Waals surface area contributed by atoms with E-state index in [1.54, 1.807) is 0 Å². The molecule has 0 aromatic carbocycles. The number of aliphatic hydroxyl groups is 1. The fourth-order valence-electron chi connectivity index (χ4n) is 2.62. The minimum atomic E-state index is -0.617. The van der Waals surface area contributed by atoms with Crippen molar-refractivity contribution in [2.75, 3.05) is 0 Å². The third-order valence-electron chi connectivity index (χ3n) is 3.76. The highest BCUT2D eigenvalue weighted by Gasteiger charge is 2.30. The molecule has 96 valence electrons. The first-order chi connectivity index (χ1) is 7.89. The Morgan fingerprint density at radius 3 is 2.59 bits per heavy atom. The number of rotatable bonds is 4. The summed E-state index contributed by atoms with van der Waals surface area (Å²) in [5, 5.41) is 14.9. The molecule has 2 rings (SSSR count). The fraction of sp³-hybridized carbons (Fsp3) is 0.769. The molecule has 0 radical (unpaired) electrons. The molecule has 0 spiro atoms. The molecule has 1 aromatic heterocycles. The summed E-state index contributed by atoms with van der Waals surface area (Å²) in [6.07, 6.45) is 5.46. The van der Waals surface area contributed by atoms with Crippen LogP contribution in [0.25, 0.3) is 0 Å². The Kier molecular flexibility index (Phi) is 3.64. The molecule has 1 aromatic rings. The van der Waals surface area contributed by atoms with E-state index in [-0.39, 0.29) is 0 Å². The van der Waals surface area contributed by atoms with Crippen molar-refractivity contribution in [3.8, 4) is 0 Å². The van der Waals surface area contributed by atoms with Crippen molar-refractivity contribution in [3.63, 3.8) is 0 Å². The molecule has 1 aliphatic carbocycles. The van der Waals surface area contributed by atoms with Gasteiger partial charge in [0.15, 0.2) is 0 Å². The van der Waals surface area contributed by atoms with Gasteiger partial charge >= 0.3 is 0 Å². The van der Waals surface area contributed by atoms with Crippen molar-refractivity contribution < 1.29 is 5.11 Å². The predicted octanol–water partition coefficient (Wildman–Crippen LogP) is 2.97. The third-order valence-corrected chi connectivity index (χ3v) is 4.79. The van der Waals surface area contributed by atoms with Crippen molar-refractivity contribution in [2.24, 2.45) is 13.0 Å². The lowest BCUT2D eigenvalue weighted by Gasteiger charge is -2.33. The second kappa shape index (κ2) is 4.73. The second-order valence-corrected chi connectivity index (χ2v) is 6.44. The average molecular weight is 301 g/mol. The molecule has 3 nitrogen and oxygen atoms in total. The molecule has 1 saturated carbocycles. The number of nitrogens with zero attached hydrogens (tertiary/aromatic N) is 2. The maximum absolute atomic E-state index is 10.5. The van der Waals surface area contributed by atoms with Gasteiger partial charge in [-0.1, -0.05) is 19.3 Å². The van der Waals surface area contributed by atoms with Gasteiger partial charge in [-0.25, -0.2) is 0 Å². The zero-order chi connectivity index (χ0) is 12.6. The zero-order valence-corrected chi connectivity index (χ0v) is 12.4. The van der Waals surface area contributed by atoms with E-state index >= 15 is 0 Å². The summed E-state index contributed by atoms with van der Waals surface area (Å²) < 4.78 is 2.91. The number of hydrogen-bond donors (Lipinski definition) is 1. The quantitative estimate of drug-likeness (QED) is 0.928. The summed E-state index contributed by atoms with van der Waals surface area (Å²) >= 11 is 3.56. The van der Waals surface area contributed by atoms with Crippen LogP contribution in [-0.4, -0.2) is 20.5 Å². The summed E-state index contributed by atoms with van der Waals surface area (Å²) in [6.45, 7) is 3.92. The largest absolute Gasteiger partial charge is 0.390 e. The van der Waals surface area contributed by atoms with E-state index in [1.165, 1.54) is 19.3 Å². The summed E-state index contributed by atoms with van der Waals surface area (Å²) in [6, 6.07) is 0. The van der Waals surface area contributed by atoms with Crippen molar-refractivity contribution in [1.29, 1.82) is 0 Å². The van der Waals surface area contributed by atoms with Crippen molar-refractivity contribution in [3.05, 3.63) is 15.9 Å². The Hall–Kier alpha value is -0.350. The third kappa shape index (κ3) is 2.91. The van der Waals surface area contributed by atoms with Crippen LogP contribution in [0.2, 0.25) is 0 Å². The van der Waals surface area contributed by atoms with Crippen LogP contribution in [0.5, 0.6) is 0 Å². The zero-order valence-electron chi connectivity index (χ0n) is 10.8. The summed E-state index contributed by atoms with van der Waals surface area (Å²) in [4.78, 5) is 0. The topological polar surface area (TPSA) is 38.0 Å². The molecule has 0 bridgehead atoms. The van der Waals surface area contributed by atoms with Gasteiger partial charge in [0, 0.05) is 13.5 Å². The maximum atomic E-state index is 10.5. The van der Waals surface area contributed by atoms with E-state index in [0.29, 0.717) is 6.42 Å². The van der Waals surface area contributed by atoms with Gasteiger partial charge in [0.2, 0.25) is 0 Å². The summed E-state index contributed by atoms with van der Waals surface area (Å²) in [7, 11) is 1.94. The van der Waals surface area contributed by atoms with Gasteiger partial charge in [0.25, 0.3) is 0 Å². The molecule has 0 amide bonds. The highest BCUT2D eigenvalue weighted by atomic mass is 79.9. The first-order valence-electron chi connectivity index (χ1n) is 6.29. The van der Waals surface area contributed by atoms with E-state index in [9.17, 15) is 5.11 Å². The molecule has 17 heavy (non-hydrogen) atoms. The van der Waals surface area contributed by atoms with Crippen LogP contribution < -0.4 is 0 Å². The molecular formula is C13H21BrN2O. The minimum Gasteiger partial charge on any atom is -0.390 e. The van der Waals surface area contributed by atoms with Crippen LogP contribution in [-0.2, 0) is 13.5 Å². The second-order valence-electron chi connectivity index (χ2n) is 5.64. The number of aromatic nitrogens is 2. The van der Waals surface area contributed by atoms with Gasteiger partial charge in [0.1, 0.15) is 0 Å². The molecule has 0 saturated heterocycles. The highest BCUT2D eigenvalue weighted by molar-refractivity contribution is 9.10. The van der Waals surface area contributed by atoms with Crippen LogP contribution in [0, 0.1) is 12.8 Å². The molecular weight excluding hydrogens is 280 g/mol. The highest BCUT2D eigenvalue weighted by Crippen LogP contribution is 2.35. The molecule has 1 fully saturated rings. The first-order valence-corrected chi connectivity index (χ1v) is 7.09. The number of hydrogen-bond acceptors (Lipinski definition) is 2. The minimum absolute atomic E-state index is 0.617. The van der Waals surface area contributed by atoms with Crippen molar-refractivity contribution >= 4 is 15.9 Å². The Morgan fingerprint density at radius 2 is 2.18 bits per heavy atom. The fourth-order valence-corrected chi connectivity index (χ4v) is 3.10. The maximum Gasteiger partial charge on any atom is 0.0738 e. The van der Waals surface area contributed by atoms with E-state index < -0.39 is 5.60 Å². The van der Waals surface area contributed by atoms with Gasteiger partial charge < -0.3 is 5.11 Å². The molecule has 4 heteroatoms. The first kappa shape index (κ1) is 13.1. The van der Waals surface area contributed by atoms with Crippen LogP contribution >= 0.6 is 15.9 Å². The van der Waals surface area contributed by atoms with E-state index in [0.717, 1.165) is 28.2 Å². The molecule has 1 N–H and O–H groups in total.